The number of anilines is 2. The van der Waals surface area contributed by atoms with Crippen LogP contribution in [0.3, 0.4) is 0 Å². The molecule has 1 amide bonds. The predicted octanol–water partition coefficient (Wildman–Crippen LogP) is 3.09. The number of aryl methyl sites for hydroxylation is 2. The van der Waals surface area contributed by atoms with Gasteiger partial charge in [0.1, 0.15) is 0 Å². The minimum absolute atomic E-state index is 0.105. The molecule has 0 radical (unpaired) electrons. The van der Waals surface area contributed by atoms with Crippen LogP contribution < -0.4 is 10.6 Å². The van der Waals surface area contributed by atoms with Crippen LogP contribution in [0.2, 0.25) is 10.0 Å². The molecule has 0 aliphatic carbocycles. The summed E-state index contributed by atoms with van der Waals surface area (Å²) < 4.78 is 1.68. The molecule has 0 atom stereocenters. The molecule has 0 unspecified atom stereocenters. The van der Waals surface area contributed by atoms with E-state index in [1.54, 1.807) is 22.9 Å². The largest absolute Gasteiger partial charge is 0.373 e. The second kappa shape index (κ2) is 6.15. The SMILES string of the molecule is Cc1nn(C)cc1NCC(=O)Nc1c(Cl)cccc1Cl. The molecule has 2 aromatic rings. The van der Waals surface area contributed by atoms with Crippen molar-refractivity contribution in [1.29, 1.82) is 0 Å². The van der Waals surface area contributed by atoms with Crippen LogP contribution in [0.25, 0.3) is 0 Å². The zero-order chi connectivity index (χ0) is 14.7. The highest BCUT2D eigenvalue weighted by atomic mass is 35.5. The Bertz CT molecular complexity index is 619. The number of nitrogens with zero attached hydrogens (tertiary/aromatic N) is 2. The maximum atomic E-state index is 11.9. The van der Waals surface area contributed by atoms with Crippen molar-refractivity contribution < 1.29 is 4.79 Å². The van der Waals surface area contributed by atoms with E-state index in [9.17, 15) is 4.79 Å². The molecular weight excluding hydrogens is 299 g/mol. The summed E-state index contributed by atoms with van der Waals surface area (Å²) in [6, 6.07) is 5.06. The minimum atomic E-state index is -0.233. The van der Waals surface area contributed by atoms with Crippen LogP contribution in [-0.4, -0.2) is 22.2 Å². The highest BCUT2D eigenvalue weighted by Gasteiger charge is 2.10. The fourth-order valence-electron chi connectivity index (χ4n) is 1.75. The molecule has 0 spiro atoms. The molecule has 1 heterocycles. The van der Waals surface area contributed by atoms with Gasteiger partial charge in [-0.25, -0.2) is 0 Å². The highest BCUT2D eigenvalue weighted by molar-refractivity contribution is 6.39. The van der Waals surface area contributed by atoms with E-state index in [0.717, 1.165) is 11.4 Å². The van der Waals surface area contributed by atoms with Gasteiger partial charge in [-0.2, -0.15) is 5.10 Å². The third kappa shape index (κ3) is 3.43. The van der Waals surface area contributed by atoms with Crippen LogP contribution in [0.4, 0.5) is 11.4 Å². The molecule has 5 nitrogen and oxygen atoms in total. The monoisotopic (exact) mass is 312 g/mol. The molecule has 0 saturated carbocycles. The van der Waals surface area contributed by atoms with E-state index in [1.165, 1.54) is 0 Å². The second-order valence-electron chi connectivity index (χ2n) is 4.30. The summed E-state index contributed by atoms with van der Waals surface area (Å²) in [5.41, 5.74) is 2.06. The van der Waals surface area contributed by atoms with Gasteiger partial charge in [-0.15, -0.1) is 0 Å². The van der Waals surface area contributed by atoms with Crippen LogP contribution >= 0.6 is 23.2 Å². The van der Waals surface area contributed by atoms with E-state index in [4.69, 9.17) is 23.2 Å². The average molecular weight is 313 g/mol. The van der Waals surface area contributed by atoms with Crippen molar-refractivity contribution in [3.8, 4) is 0 Å². The number of para-hydroxylation sites is 1. The van der Waals surface area contributed by atoms with Crippen molar-refractivity contribution in [1.82, 2.24) is 9.78 Å². The molecule has 0 saturated heterocycles. The Morgan fingerprint density at radius 2 is 2.00 bits per heavy atom. The summed E-state index contributed by atoms with van der Waals surface area (Å²) in [7, 11) is 1.82. The van der Waals surface area contributed by atoms with Gasteiger partial charge in [-0.05, 0) is 19.1 Å². The molecule has 106 valence electrons. The molecule has 2 N–H and O–H groups in total. The number of halogens is 2. The first kappa shape index (κ1) is 14.7. The van der Waals surface area contributed by atoms with Gasteiger partial charge in [0.2, 0.25) is 5.91 Å². The van der Waals surface area contributed by atoms with Crippen molar-refractivity contribution in [3.63, 3.8) is 0 Å². The number of benzene rings is 1. The summed E-state index contributed by atoms with van der Waals surface area (Å²) in [6.07, 6.45) is 1.81. The summed E-state index contributed by atoms with van der Waals surface area (Å²) in [4.78, 5) is 11.9. The Kier molecular flexibility index (Phi) is 4.52. The molecule has 20 heavy (non-hydrogen) atoms. The molecule has 1 aromatic carbocycles. The zero-order valence-corrected chi connectivity index (χ0v) is 12.6. The van der Waals surface area contributed by atoms with Crippen molar-refractivity contribution in [2.75, 3.05) is 17.2 Å². The average Bonchev–Trinajstić information content (AvgIpc) is 2.70. The van der Waals surface area contributed by atoms with Gasteiger partial charge in [-0.1, -0.05) is 29.3 Å². The Hall–Kier alpha value is -1.72. The number of carbonyl (C=O) groups excluding carboxylic acids is 1. The van der Waals surface area contributed by atoms with Gasteiger partial charge in [0.05, 0.1) is 33.7 Å². The van der Waals surface area contributed by atoms with Crippen LogP contribution in [0.5, 0.6) is 0 Å². The lowest BCUT2D eigenvalue weighted by Gasteiger charge is -2.09. The highest BCUT2D eigenvalue weighted by Crippen LogP contribution is 2.29. The molecule has 0 aliphatic rings. The van der Waals surface area contributed by atoms with Crippen molar-refractivity contribution in [3.05, 3.63) is 40.1 Å². The van der Waals surface area contributed by atoms with Gasteiger partial charge < -0.3 is 10.6 Å². The molecular formula is C13H14Cl2N4O. The smallest absolute Gasteiger partial charge is 0.243 e. The maximum Gasteiger partial charge on any atom is 0.243 e. The third-order valence-corrected chi connectivity index (χ3v) is 3.31. The van der Waals surface area contributed by atoms with Gasteiger partial charge in [0, 0.05) is 13.2 Å². The number of rotatable bonds is 4. The molecule has 0 aliphatic heterocycles. The normalized spacial score (nSPS) is 10.4. The summed E-state index contributed by atoms with van der Waals surface area (Å²) >= 11 is 12.0. The Morgan fingerprint density at radius 1 is 1.35 bits per heavy atom. The van der Waals surface area contributed by atoms with Crippen molar-refractivity contribution in [2.45, 2.75) is 6.92 Å². The first-order chi connectivity index (χ1) is 9.47. The first-order valence-corrected chi connectivity index (χ1v) is 6.71. The van der Waals surface area contributed by atoms with Crippen LogP contribution in [-0.2, 0) is 11.8 Å². The lowest BCUT2D eigenvalue weighted by Crippen LogP contribution is -2.22. The maximum absolute atomic E-state index is 11.9. The first-order valence-electron chi connectivity index (χ1n) is 5.95. The Labute approximate surface area is 126 Å². The Balaban J connectivity index is 1.98. The van der Waals surface area contributed by atoms with E-state index >= 15 is 0 Å². The fourth-order valence-corrected chi connectivity index (χ4v) is 2.24. The quantitative estimate of drug-likeness (QED) is 0.912. The minimum Gasteiger partial charge on any atom is -0.373 e. The lowest BCUT2D eigenvalue weighted by atomic mass is 10.3. The summed E-state index contributed by atoms with van der Waals surface area (Å²) in [5.74, 6) is -0.233. The number of aromatic nitrogens is 2. The van der Waals surface area contributed by atoms with E-state index in [0.29, 0.717) is 15.7 Å². The molecule has 1 aromatic heterocycles. The van der Waals surface area contributed by atoms with Crippen molar-refractivity contribution >= 4 is 40.5 Å². The summed E-state index contributed by atoms with van der Waals surface area (Å²) in [6.45, 7) is 1.97. The van der Waals surface area contributed by atoms with Crippen LogP contribution in [0.1, 0.15) is 5.69 Å². The molecule has 7 heteroatoms. The van der Waals surface area contributed by atoms with E-state index < -0.39 is 0 Å². The topological polar surface area (TPSA) is 59.0 Å². The Morgan fingerprint density at radius 3 is 2.55 bits per heavy atom. The zero-order valence-electron chi connectivity index (χ0n) is 11.1. The van der Waals surface area contributed by atoms with E-state index in [2.05, 4.69) is 15.7 Å². The lowest BCUT2D eigenvalue weighted by molar-refractivity contribution is -0.114. The number of amides is 1. The van der Waals surface area contributed by atoms with Crippen molar-refractivity contribution in [2.24, 2.45) is 7.05 Å². The number of hydrogen-bond donors (Lipinski definition) is 2. The molecule has 0 bridgehead atoms. The number of carbonyl (C=O) groups is 1. The van der Waals surface area contributed by atoms with Gasteiger partial charge in [-0.3, -0.25) is 9.48 Å². The van der Waals surface area contributed by atoms with Crippen LogP contribution in [0, 0.1) is 6.92 Å². The fraction of sp³-hybridized carbons (Fsp3) is 0.231. The molecule has 0 fully saturated rings. The van der Waals surface area contributed by atoms with Gasteiger partial charge in [0.25, 0.3) is 0 Å². The van der Waals surface area contributed by atoms with Gasteiger partial charge >= 0.3 is 0 Å². The molecule has 2 rings (SSSR count). The summed E-state index contributed by atoms with van der Waals surface area (Å²) in [5, 5.41) is 10.7. The van der Waals surface area contributed by atoms with Crippen LogP contribution in [0.15, 0.2) is 24.4 Å². The predicted molar refractivity (Wildman–Crippen MR) is 81.5 cm³/mol. The standard InChI is InChI=1S/C13H14Cl2N4O/c1-8-11(7-19(2)18-8)16-6-12(20)17-13-9(14)4-3-5-10(13)15/h3-5,7,16H,6H2,1-2H3,(H,17,20). The van der Waals surface area contributed by atoms with E-state index in [1.807, 2.05) is 20.2 Å². The van der Waals surface area contributed by atoms with E-state index in [-0.39, 0.29) is 12.5 Å². The second-order valence-corrected chi connectivity index (χ2v) is 5.11. The number of hydrogen-bond acceptors (Lipinski definition) is 3. The number of nitrogens with one attached hydrogen (secondary N) is 2. The third-order valence-electron chi connectivity index (χ3n) is 2.68. The van der Waals surface area contributed by atoms with Gasteiger partial charge in [0.15, 0.2) is 0 Å².